The summed E-state index contributed by atoms with van der Waals surface area (Å²) in [5.74, 6) is 4.26. The maximum Gasteiger partial charge on any atom is 0.147 e. The lowest BCUT2D eigenvalue weighted by molar-refractivity contribution is -0.959. The summed E-state index contributed by atoms with van der Waals surface area (Å²) in [6.07, 6.45) is 7.31. The maximum atomic E-state index is 9.86. The third-order valence-corrected chi connectivity index (χ3v) is 9.62. The molecule has 1 N–H and O–H groups in total. The topological polar surface area (TPSA) is 69.0 Å². The van der Waals surface area contributed by atoms with Crippen molar-refractivity contribution in [1.29, 1.82) is 0 Å². The number of benzene rings is 3. The molecular formula is C40H57N4O4+. The van der Waals surface area contributed by atoms with Crippen LogP contribution in [0.4, 0.5) is 0 Å². The highest BCUT2D eigenvalue weighted by atomic mass is 16.5. The molecule has 0 radical (unpaired) electrons. The van der Waals surface area contributed by atoms with Gasteiger partial charge in [-0.3, -0.25) is 4.90 Å². The van der Waals surface area contributed by atoms with Gasteiger partial charge in [0, 0.05) is 49.8 Å². The van der Waals surface area contributed by atoms with Crippen LogP contribution in [0.5, 0.6) is 23.0 Å². The molecule has 0 fully saturated rings. The molecule has 0 aliphatic carbocycles. The number of ether oxygens (including phenoxy) is 3. The van der Waals surface area contributed by atoms with E-state index in [4.69, 9.17) is 19.2 Å². The molecule has 8 nitrogen and oxygen atoms in total. The maximum absolute atomic E-state index is 9.86. The minimum Gasteiger partial charge on any atom is -0.497 e. The standard InChI is InChI=1S/C40H57N4O4/c1-7-12-14-39-41-38(31-43(39)33-17-21-36(22-18-33)48-37-25-23-34(46-6)24-26-37)32-15-19-35(20-16-32)47-30-13-28-44(10-4,11-5)40(27-29-45)42(8-2)9-3/h15-26,31,40,45H,7-14,27-30H2,1-6H3/q+1. The van der Waals surface area contributed by atoms with Gasteiger partial charge in [0.05, 0.1) is 45.7 Å². The quantitative estimate of drug-likeness (QED) is 0.0552. The summed E-state index contributed by atoms with van der Waals surface area (Å²) in [6, 6.07) is 24.1. The van der Waals surface area contributed by atoms with Gasteiger partial charge in [-0.15, -0.1) is 0 Å². The van der Waals surface area contributed by atoms with E-state index in [0.717, 1.165) is 115 Å². The second-order valence-corrected chi connectivity index (χ2v) is 12.3. The van der Waals surface area contributed by atoms with E-state index in [9.17, 15) is 5.11 Å². The van der Waals surface area contributed by atoms with Gasteiger partial charge in [-0.2, -0.15) is 0 Å². The fraction of sp³-hybridized carbons (Fsp3) is 0.475. The van der Waals surface area contributed by atoms with Gasteiger partial charge in [0.25, 0.3) is 0 Å². The number of aliphatic hydroxyl groups excluding tert-OH is 1. The Labute approximate surface area is 288 Å². The van der Waals surface area contributed by atoms with Crippen molar-refractivity contribution in [3.63, 3.8) is 0 Å². The van der Waals surface area contributed by atoms with Gasteiger partial charge in [0.15, 0.2) is 0 Å². The lowest BCUT2D eigenvalue weighted by Gasteiger charge is -2.48. The SMILES string of the molecule is CCCCc1nc(-c2ccc(OCCC[N+](CC)(CC)C(CCO)N(CC)CC)cc2)cn1-c1ccc(Oc2ccc(OC)cc2)cc1. The number of imidazole rings is 1. The number of aromatic nitrogens is 2. The van der Waals surface area contributed by atoms with Crippen LogP contribution in [0, 0.1) is 0 Å². The Bertz CT molecular complexity index is 1480. The predicted molar refractivity (Wildman–Crippen MR) is 195 cm³/mol. The molecule has 0 bridgehead atoms. The molecule has 48 heavy (non-hydrogen) atoms. The lowest BCUT2D eigenvalue weighted by Crippen LogP contribution is -2.63. The third-order valence-electron chi connectivity index (χ3n) is 9.62. The van der Waals surface area contributed by atoms with Gasteiger partial charge < -0.3 is 28.4 Å². The summed E-state index contributed by atoms with van der Waals surface area (Å²) in [7, 11) is 1.66. The molecule has 1 aromatic heterocycles. The molecule has 3 aromatic carbocycles. The Morgan fingerprint density at radius 2 is 1.40 bits per heavy atom. The van der Waals surface area contributed by atoms with E-state index in [1.54, 1.807) is 7.11 Å². The van der Waals surface area contributed by atoms with Crippen molar-refractivity contribution >= 4 is 0 Å². The van der Waals surface area contributed by atoms with Crippen LogP contribution in [0.15, 0.2) is 79.0 Å². The van der Waals surface area contributed by atoms with Crippen molar-refractivity contribution in [1.82, 2.24) is 14.5 Å². The van der Waals surface area contributed by atoms with Crippen LogP contribution in [0.1, 0.15) is 66.1 Å². The number of hydrogen-bond acceptors (Lipinski definition) is 6. The number of unbranched alkanes of at least 4 members (excludes halogenated alkanes) is 1. The highest BCUT2D eigenvalue weighted by Crippen LogP contribution is 2.28. The molecule has 4 aromatic rings. The second-order valence-electron chi connectivity index (χ2n) is 12.3. The molecular weight excluding hydrogens is 600 g/mol. The first-order chi connectivity index (χ1) is 23.4. The summed E-state index contributed by atoms with van der Waals surface area (Å²) < 4.78 is 20.7. The first-order valence-electron chi connectivity index (χ1n) is 17.9. The average Bonchev–Trinajstić information content (AvgIpc) is 3.56. The molecule has 1 heterocycles. The Hall–Kier alpha value is -3.85. The fourth-order valence-corrected chi connectivity index (χ4v) is 6.71. The van der Waals surface area contributed by atoms with Crippen LogP contribution in [-0.2, 0) is 6.42 Å². The van der Waals surface area contributed by atoms with Crippen molar-refractivity contribution in [3.05, 3.63) is 84.8 Å². The first kappa shape index (κ1) is 37.0. The average molecular weight is 658 g/mol. The minimum absolute atomic E-state index is 0.217. The molecule has 4 rings (SSSR count). The van der Waals surface area contributed by atoms with E-state index in [2.05, 4.69) is 86.7 Å². The Kier molecular flexibility index (Phi) is 14.4. The number of nitrogens with zero attached hydrogens (tertiary/aromatic N) is 4. The summed E-state index contributed by atoms with van der Waals surface area (Å²) in [4.78, 5) is 7.57. The number of aliphatic hydroxyl groups is 1. The highest BCUT2D eigenvalue weighted by molar-refractivity contribution is 5.61. The second kappa shape index (κ2) is 18.6. The van der Waals surface area contributed by atoms with E-state index in [0.29, 0.717) is 12.8 Å². The zero-order valence-corrected chi connectivity index (χ0v) is 30.0. The summed E-state index contributed by atoms with van der Waals surface area (Å²) in [5, 5.41) is 9.86. The number of quaternary nitrogens is 1. The van der Waals surface area contributed by atoms with Gasteiger partial charge >= 0.3 is 0 Å². The van der Waals surface area contributed by atoms with Gasteiger partial charge in [-0.05, 0) is 93.1 Å². The molecule has 0 spiro atoms. The molecule has 0 aliphatic rings. The zero-order valence-electron chi connectivity index (χ0n) is 30.0. The summed E-state index contributed by atoms with van der Waals surface area (Å²) in [5.41, 5.74) is 3.07. The molecule has 0 amide bonds. The summed E-state index contributed by atoms with van der Waals surface area (Å²) >= 11 is 0. The Morgan fingerprint density at radius 3 is 1.96 bits per heavy atom. The number of methoxy groups -OCH3 is 1. The molecule has 0 saturated carbocycles. The van der Waals surface area contributed by atoms with E-state index in [1.807, 2.05) is 36.4 Å². The number of rotatable bonds is 21. The van der Waals surface area contributed by atoms with Crippen molar-refractivity contribution in [3.8, 4) is 39.9 Å². The van der Waals surface area contributed by atoms with Gasteiger partial charge in [0.2, 0.25) is 0 Å². The lowest BCUT2D eigenvalue weighted by atomic mass is 10.1. The van der Waals surface area contributed by atoms with Gasteiger partial charge in [-0.25, -0.2) is 4.98 Å². The zero-order chi connectivity index (χ0) is 34.4. The van der Waals surface area contributed by atoms with Crippen LogP contribution in [0.2, 0.25) is 0 Å². The normalized spacial score (nSPS) is 12.3. The van der Waals surface area contributed by atoms with Crippen molar-refractivity contribution in [2.75, 3.05) is 53.0 Å². The van der Waals surface area contributed by atoms with E-state index in [1.165, 1.54) is 0 Å². The smallest absolute Gasteiger partial charge is 0.147 e. The number of aryl methyl sites for hydroxylation is 1. The van der Waals surface area contributed by atoms with Crippen LogP contribution >= 0.6 is 0 Å². The first-order valence-corrected chi connectivity index (χ1v) is 17.9. The van der Waals surface area contributed by atoms with Crippen LogP contribution in [0.25, 0.3) is 16.9 Å². The van der Waals surface area contributed by atoms with Gasteiger partial charge in [-0.1, -0.05) is 27.2 Å². The minimum atomic E-state index is 0.217. The molecule has 1 atom stereocenters. The van der Waals surface area contributed by atoms with Crippen molar-refractivity contribution in [2.45, 2.75) is 72.9 Å². The van der Waals surface area contributed by atoms with Crippen LogP contribution in [0.3, 0.4) is 0 Å². The largest absolute Gasteiger partial charge is 0.497 e. The Balaban J connectivity index is 1.41. The van der Waals surface area contributed by atoms with Crippen molar-refractivity contribution in [2.24, 2.45) is 0 Å². The van der Waals surface area contributed by atoms with Crippen molar-refractivity contribution < 1.29 is 23.8 Å². The van der Waals surface area contributed by atoms with E-state index in [-0.39, 0.29) is 6.61 Å². The molecule has 0 aliphatic heterocycles. The summed E-state index contributed by atoms with van der Waals surface area (Å²) in [6.45, 7) is 17.2. The molecule has 0 saturated heterocycles. The number of hydrogen-bond donors (Lipinski definition) is 1. The third kappa shape index (κ3) is 9.40. The Morgan fingerprint density at radius 1 is 0.792 bits per heavy atom. The van der Waals surface area contributed by atoms with E-state index >= 15 is 0 Å². The van der Waals surface area contributed by atoms with E-state index < -0.39 is 0 Å². The highest BCUT2D eigenvalue weighted by Gasteiger charge is 2.36. The van der Waals surface area contributed by atoms with Gasteiger partial charge in [0.1, 0.15) is 35.0 Å². The van der Waals surface area contributed by atoms with Crippen LogP contribution in [-0.4, -0.2) is 83.3 Å². The molecule has 8 heteroatoms. The predicted octanol–water partition coefficient (Wildman–Crippen LogP) is 8.36. The monoisotopic (exact) mass is 657 g/mol. The van der Waals surface area contributed by atoms with Crippen LogP contribution < -0.4 is 14.2 Å². The molecule has 1 unspecified atom stereocenters. The fourth-order valence-electron chi connectivity index (χ4n) is 6.71. The molecule has 260 valence electrons.